The van der Waals surface area contributed by atoms with Gasteiger partial charge in [0.05, 0.1) is 0 Å². The first kappa shape index (κ1) is 13.8. The highest BCUT2D eigenvalue weighted by molar-refractivity contribution is 5.77. The van der Waals surface area contributed by atoms with E-state index in [2.05, 4.69) is 46.9 Å². The summed E-state index contributed by atoms with van der Waals surface area (Å²) in [6, 6.07) is 6.33. The van der Waals surface area contributed by atoms with Gasteiger partial charge in [-0.3, -0.25) is 14.3 Å². The predicted octanol–water partition coefficient (Wildman–Crippen LogP) is 1.19. The molecule has 0 aliphatic carbocycles. The molecule has 7 nitrogen and oxygen atoms in total. The fourth-order valence-corrected chi connectivity index (χ4v) is 3.29. The van der Waals surface area contributed by atoms with E-state index in [1.54, 1.807) is 7.05 Å². The summed E-state index contributed by atoms with van der Waals surface area (Å²) in [4.78, 5) is 32.9. The Morgan fingerprint density at radius 2 is 1.78 bits per heavy atom. The van der Waals surface area contributed by atoms with E-state index >= 15 is 0 Å². The summed E-state index contributed by atoms with van der Waals surface area (Å²) < 4.78 is 3.26. The minimum absolute atomic E-state index is 0.385. The first-order valence-electron chi connectivity index (χ1n) is 7.51. The van der Waals surface area contributed by atoms with Gasteiger partial charge in [-0.1, -0.05) is 6.07 Å². The van der Waals surface area contributed by atoms with Gasteiger partial charge >= 0.3 is 5.69 Å². The number of fused-ring (bicyclic) bond motifs is 3. The van der Waals surface area contributed by atoms with E-state index in [9.17, 15) is 9.59 Å². The number of anilines is 2. The van der Waals surface area contributed by atoms with Crippen molar-refractivity contribution < 1.29 is 0 Å². The summed E-state index contributed by atoms with van der Waals surface area (Å²) >= 11 is 0. The minimum Gasteiger partial charge on any atom is -0.310 e. The van der Waals surface area contributed by atoms with Crippen molar-refractivity contribution in [3.05, 3.63) is 50.2 Å². The van der Waals surface area contributed by atoms with Crippen LogP contribution in [-0.2, 0) is 13.6 Å². The summed E-state index contributed by atoms with van der Waals surface area (Å²) in [5.74, 6) is 0.705. The zero-order valence-corrected chi connectivity index (χ0v) is 13.3. The molecular formula is C16H17N5O2. The van der Waals surface area contributed by atoms with Crippen molar-refractivity contribution in [1.29, 1.82) is 0 Å². The van der Waals surface area contributed by atoms with Gasteiger partial charge in [0.1, 0.15) is 0 Å². The maximum atomic E-state index is 12.2. The van der Waals surface area contributed by atoms with Crippen molar-refractivity contribution in [1.82, 2.24) is 19.1 Å². The number of benzene rings is 1. The summed E-state index contributed by atoms with van der Waals surface area (Å²) in [6.07, 6.45) is 0. The fraction of sp³-hybridized carbons (Fsp3) is 0.312. The van der Waals surface area contributed by atoms with E-state index in [-0.39, 0.29) is 5.56 Å². The molecule has 118 valence electrons. The van der Waals surface area contributed by atoms with Crippen LogP contribution in [0.5, 0.6) is 0 Å². The third-order valence-electron chi connectivity index (χ3n) is 4.29. The van der Waals surface area contributed by atoms with Crippen LogP contribution in [0.4, 0.5) is 11.6 Å². The second kappa shape index (κ2) is 4.58. The number of aryl methyl sites for hydroxylation is 3. The molecule has 0 bridgehead atoms. The maximum absolute atomic E-state index is 12.2. The third-order valence-corrected chi connectivity index (χ3v) is 4.29. The van der Waals surface area contributed by atoms with Crippen LogP contribution in [0, 0.1) is 13.8 Å². The van der Waals surface area contributed by atoms with Crippen molar-refractivity contribution in [3.8, 4) is 0 Å². The van der Waals surface area contributed by atoms with Gasteiger partial charge in [-0.25, -0.2) is 4.79 Å². The molecule has 1 aromatic carbocycles. The van der Waals surface area contributed by atoms with Crippen molar-refractivity contribution >= 4 is 22.8 Å². The Morgan fingerprint density at radius 3 is 2.48 bits per heavy atom. The van der Waals surface area contributed by atoms with Crippen LogP contribution in [0.1, 0.15) is 11.1 Å². The number of nitrogens with zero attached hydrogens (tertiary/aromatic N) is 4. The number of aromatic nitrogens is 4. The van der Waals surface area contributed by atoms with Crippen molar-refractivity contribution in [2.75, 3.05) is 11.4 Å². The Bertz CT molecular complexity index is 1040. The van der Waals surface area contributed by atoms with Crippen LogP contribution in [0.15, 0.2) is 27.8 Å². The van der Waals surface area contributed by atoms with E-state index in [1.807, 2.05) is 4.57 Å². The number of H-pyrrole nitrogens is 1. The summed E-state index contributed by atoms with van der Waals surface area (Å²) in [5, 5.41) is 0. The van der Waals surface area contributed by atoms with Gasteiger partial charge in [-0.05, 0) is 37.1 Å². The fourth-order valence-electron chi connectivity index (χ4n) is 3.29. The normalized spacial score (nSPS) is 13.8. The van der Waals surface area contributed by atoms with Gasteiger partial charge < -0.3 is 9.47 Å². The topological polar surface area (TPSA) is 75.9 Å². The van der Waals surface area contributed by atoms with Crippen LogP contribution in [0.25, 0.3) is 11.2 Å². The number of aromatic amines is 1. The molecule has 0 saturated carbocycles. The van der Waals surface area contributed by atoms with Crippen LogP contribution in [0.2, 0.25) is 0 Å². The lowest BCUT2D eigenvalue weighted by Gasteiger charge is -2.17. The Labute approximate surface area is 131 Å². The maximum Gasteiger partial charge on any atom is 0.329 e. The third kappa shape index (κ3) is 1.93. The van der Waals surface area contributed by atoms with Gasteiger partial charge in [0, 0.05) is 25.8 Å². The van der Waals surface area contributed by atoms with Gasteiger partial charge in [0.15, 0.2) is 11.2 Å². The van der Waals surface area contributed by atoms with Crippen molar-refractivity contribution in [2.24, 2.45) is 7.05 Å². The lowest BCUT2D eigenvalue weighted by molar-refractivity contribution is 0.797. The predicted molar refractivity (Wildman–Crippen MR) is 88.5 cm³/mol. The zero-order chi connectivity index (χ0) is 16.3. The number of hydrogen-bond acceptors (Lipinski definition) is 4. The zero-order valence-electron chi connectivity index (χ0n) is 13.3. The van der Waals surface area contributed by atoms with Gasteiger partial charge in [0.2, 0.25) is 5.95 Å². The Morgan fingerprint density at radius 1 is 1.09 bits per heavy atom. The Kier molecular flexibility index (Phi) is 2.75. The van der Waals surface area contributed by atoms with Gasteiger partial charge in [-0.2, -0.15) is 4.98 Å². The van der Waals surface area contributed by atoms with E-state index < -0.39 is 5.69 Å². The Hall–Kier alpha value is -2.83. The average molecular weight is 311 g/mol. The van der Waals surface area contributed by atoms with Crippen molar-refractivity contribution in [2.45, 2.75) is 20.4 Å². The first-order chi connectivity index (χ1) is 11.0. The van der Waals surface area contributed by atoms with Crippen molar-refractivity contribution in [3.63, 3.8) is 0 Å². The molecule has 0 amide bonds. The molecule has 1 N–H and O–H groups in total. The van der Waals surface area contributed by atoms with E-state index in [4.69, 9.17) is 0 Å². The van der Waals surface area contributed by atoms with Crippen LogP contribution >= 0.6 is 0 Å². The molecule has 0 fully saturated rings. The highest BCUT2D eigenvalue weighted by atomic mass is 16.2. The molecule has 0 spiro atoms. The van der Waals surface area contributed by atoms with Crippen LogP contribution in [0.3, 0.4) is 0 Å². The number of hydrogen-bond donors (Lipinski definition) is 1. The molecule has 2 aromatic heterocycles. The number of nitrogens with one attached hydrogen (secondary N) is 1. The summed E-state index contributed by atoms with van der Waals surface area (Å²) in [6.45, 7) is 5.54. The average Bonchev–Trinajstić information content (AvgIpc) is 3.02. The lowest BCUT2D eigenvalue weighted by Crippen LogP contribution is -2.29. The number of imidazole rings is 1. The van der Waals surface area contributed by atoms with Crippen LogP contribution < -0.4 is 16.1 Å². The molecule has 0 unspecified atom stereocenters. The molecule has 1 aliphatic rings. The van der Waals surface area contributed by atoms with E-state index in [0.29, 0.717) is 23.7 Å². The van der Waals surface area contributed by atoms with E-state index in [0.717, 1.165) is 12.2 Å². The van der Waals surface area contributed by atoms with E-state index in [1.165, 1.54) is 15.7 Å². The molecule has 4 rings (SSSR count). The second-order valence-electron chi connectivity index (χ2n) is 6.05. The molecular weight excluding hydrogens is 294 g/mol. The standard InChI is InChI=1S/C16H17N5O2/c1-9-6-10(2)8-11(7-9)20-4-5-21-12-13(17-15(20)21)19(3)16(23)18-14(12)22/h6-8H,4-5H2,1-3H3,(H,18,22,23). The monoisotopic (exact) mass is 311 g/mol. The summed E-state index contributed by atoms with van der Waals surface area (Å²) in [7, 11) is 1.62. The largest absolute Gasteiger partial charge is 0.329 e. The molecule has 7 heteroatoms. The quantitative estimate of drug-likeness (QED) is 0.732. The Balaban J connectivity index is 1.97. The second-order valence-corrected chi connectivity index (χ2v) is 6.05. The van der Waals surface area contributed by atoms with Gasteiger partial charge in [0.25, 0.3) is 5.56 Å². The molecule has 23 heavy (non-hydrogen) atoms. The SMILES string of the molecule is Cc1cc(C)cc(N2CCn3c2nc2c3c(=O)[nH]c(=O)n2C)c1. The minimum atomic E-state index is -0.447. The highest BCUT2D eigenvalue weighted by Gasteiger charge is 2.27. The molecule has 0 atom stereocenters. The van der Waals surface area contributed by atoms with Gasteiger partial charge in [-0.15, -0.1) is 0 Å². The van der Waals surface area contributed by atoms with Crippen LogP contribution in [-0.4, -0.2) is 25.6 Å². The number of rotatable bonds is 1. The molecule has 0 radical (unpaired) electrons. The molecule has 3 aromatic rings. The summed E-state index contributed by atoms with van der Waals surface area (Å²) in [5.41, 5.74) is 3.45. The first-order valence-corrected chi connectivity index (χ1v) is 7.51. The lowest BCUT2D eigenvalue weighted by atomic mass is 10.1. The molecule has 3 heterocycles. The molecule has 0 saturated heterocycles. The highest BCUT2D eigenvalue weighted by Crippen LogP contribution is 2.32. The molecule has 1 aliphatic heterocycles. The smallest absolute Gasteiger partial charge is 0.310 e.